The number of pyridine rings is 1. The molecule has 4 aromatic rings. The molecule has 0 atom stereocenters. The standard InChI is InChI=1S/C22H19N3O3/c26-21(27)17-9-10-19-20(14-17)25(15-18-8-4-5-12-23-18)22(28)24(19)13-11-16-6-2-1-3-7-16/h1-10,12,14H,11,13,15H2,(H,26,27). The molecule has 0 aliphatic rings. The Morgan fingerprint density at radius 1 is 0.929 bits per heavy atom. The zero-order chi connectivity index (χ0) is 19.5. The second kappa shape index (κ2) is 7.52. The number of carboxylic acids is 1. The number of aromatic carboxylic acids is 1. The molecular formula is C22H19N3O3. The van der Waals surface area contributed by atoms with Gasteiger partial charge in [-0.3, -0.25) is 14.1 Å². The van der Waals surface area contributed by atoms with Gasteiger partial charge >= 0.3 is 11.7 Å². The van der Waals surface area contributed by atoms with Crippen LogP contribution in [-0.4, -0.2) is 25.2 Å². The number of aryl methyl sites for hydroxylation is 2. The highest BCUT2D eigenvalue weighted by atomic mass is 16.4. The van der Waals surface area contributed by atoms with Crippen molar-refractivity contribution in [2.24, 2.45) is 0 Å². The Bertz CT molecular complexity index is 1180. The molecule has 2 aromatic heterocycles. The summed E-state index contributed by atoms with van der Waals surface area (Å²) in [6.07, 6.45) is 2.39. The fourth-order valence-corrected chi connectivity index (χ4v) is 3.36. The molecule has 0 bridgehead atoms. The molecule has 4 rings (SSSR count). The van der Waals surface area contributed by atoms with Crippen molar-refractivity contribution in [3.05, 3.63) is 100 Å². The molecule has 2 aromatic carbocycles. The highest BCUT2D eigenvalue weighted by Gasteiger charge is 2.16. The molecule has 1 N–H and O–H groups in total. The van der Waals surface area contributed by atoms with Crippen molar-refractivity contribution in [2.45, 2.75) is 19.5 Å². The first kappa shape index (κ1) is 17.7. The van der Waals surface area contributed by atoms with Gasteiger partial charge in [-0.1, -0.05) is 36.4 Å². The topological polar surface area (TPSA) is 77.1 Å². The number of hydrogen-bond donors (Lipinski definition) is 1. The summed E-state index contributed by atoms with van der Waals surface area (Å²) in [6, 6.07) is 20.3. The molecule has 0 aliphatic carbocycles. The average molecular weight is 373 g/mol. The molecule has 0 fully saturated rings. The molecule has 6 nitrogen and oxygen atoms in total. The van der Waals surface area contributed by atoms with Gasteiger partial charge in [0.2, 0.25) is 0 Å². The van der Waals surface area contributed by atoms with Gasteiger partial charge in [0.15, 0.2) is 0 Å². The highest BCUT2D eigenvalue weighted by molar-refractivity contribution is 5.92. The molecule has 6 heteroatoms. The molecule has 140 valence electrons. The van der Waals surface area contributed by atoms with E-state index in [-0.39, 0.29) is 17.8 Å². The normalized spacial score (nSPS) is 11.0. The summed E-state index contributed by atoms with van der Waals surface area (Å²) in [6.45, 7) is 0.804. The maximum atomic E-state index is 13.1. The largest absolute Gasteiger partial charge is 0.478 e. The molecule has 0 unspecified atom stereocenters. The van der Waals surface area contributed by atoms with E-state index in [9.17, 15) is 14.7 Å². The van der Waals surface area contributed by atoms with E-state index in [2.05, 4.69) is 4.98 Å². The number of hydrogen-bond acceptors (Lipinski definition) is 3. The Kier molecular flexibility index (Phi) is 4.76. The first-order valence-electron chi connectivity index (χ1n) is 9.04. The van der Waals surface area contributed by atoms with E-state index >= 15 is 0 Å². The lowest BCUT2D eigenvalue weighted by Gasteiger charge is -2.04. The van der Waals surface area contributed by atoms with E-state index in [1.807, 2.05) is 48.5 Å². The lowest BCUT2D eigenvalue weighted by Crippen LogP contribution is -2.25. The van der Waals surface area contributed by atoms with E-state index in [0.717, 1.165) is 16.8 Å². The lowest BCUT2D eigenvalue weighted by molar-refractivity contribution is 0.0697. The van der Waals surface area contributed by atoms with Crippen molar-refractivity contribution in [3.8, 4) is 0 Å². The van der Waals surface area contributed by atoms with E-state index in [1.165, 1.54) is 6.07 Å². The quantitative estimate of drug-likeness (QED) is 0.563. The van der Waals surface area contributed by atoms with E-state index < -0.39 is 5.97 Å². The number of benzene rings is 2. The van der Waals surface area contributed by atoms with Crippen molar-refractivity contribution >= 4 is 17.0 Å². The van der Waals surface area contributed by atoms with Crippen molar-refractivity contribution < 1.29 is 9.90 Å². The summed E-state index contributed by atoms with van der Waals surface area (Å²) >= 11 is 0. The van der Waals surface area contributed by atoms with Gasteiger partial charge in [0.25, 0.3) is 0 Å². The van der Waals surface area contributed by atoms with Crippen LogP contribution in [-0.2, 0) is 19.5 Å². The van der Waals surface area contributed by atoms with Gasteiger partial charge in [0, 0.05) is 12.7 Å². The number of imidazole rings is 1. The SMILES string of the molecule is O=C(O)c1ccc2c(c1)n(Cc1ccccn1)c(=O)n2CCc1ccccc1. The minimum Gasteiger partial charge on any atom is -0.478 e. The molecule has 28 heavy (non-hydrogen) atoms. The molecule has 0 radical (unpaired) electrons. The molecule has 0 aliphatic heterocycles. The number of carbonyl (C=O) groups is 1. The molecule has 0 spiro atoms. The zero-order valence-corrected chi connectivity index (χ0v) is 15.2. The van der Waals surface area contributed by atoms with Crippen LogP contribution in [0.3, 0.4) is 0 Å². The lowest BCUT2D eigenvalue weighted by atomic mass is 10.1. The molecule has 0 saturated carbocycles. The van der Waals surface area contributed by atoms with Crippen molar-refractivity contribution in [1.29, 1.82) is 0 Å². The number of rotatable bonds is 6. The van der Waals surface area contributed by atoms with Gasteiger partial charge in [-0.15, -0.1) is 0 Å². The van der Waals surface area contributed by atoms with E-state index in [0.29, 0.717) is 18.5 Å². The average Bonchev–Trinajstić information content (AvgIpc) is 2.98. The van der Waals surface area contributed by atoms with Gasteiger partial charge in [0.1, 0.15) is 0 Å². The van der Waals surface area contributed by atoms with Gasteiger partial charge in [-0.05, 0) is 42.3 Å². The Morgan fingerprint density at radius 2 is 1.71 bits per heavy atom. The third kappa shape index (κ3) is 3.44. The number of nitrogens with zero attached hydrogens (tertiary/aromatic N) is 3. The summed E-state index contributed by atoms with van der Waals surface area (Å²) in [7, 11) is 0. The van der Waals surface area contributed by atoms with Crippen LogP contribution in [0.5, 0.6) is 0 Å². The van der Waals surface area contributed by atoms with Crippen molar-refractivity contribution in [2.75, 3.05) is 0 Å². The van der Waals surface area contributed by atoms with Crippen LogP contribution in [0.4, 0.5) is 0 Å². The highest BCUT2D eigenvalue weighted by Crippen LogP contribution is 2.18. The number of fused-ring (bicyclic) bond motifs is 1. The first-order chi connectivity index (χ1) is 13.6. The van der Waals surface area contributed by atoms with Crippen LogP contribution in [0.15, 0.2) is 77.7 Å². The van der Waals surface area contributed by atoms with Gasteiger partial charge in [-0.25, -0.2) is 9.59 Å². The Labute approximate surface area is 161 Å². The minimum atomic E-state index is -1.02. The summed E-state index contributed by atoms with van der Waals surface area (Å²) in [4.78, 5) is 28.9. The Morgan fingerprint density at radius 3 is 2.43 bits per heavy atom. The third-order valence-electron chi connectivity index (χ3n) is 4.78. The van der Waals surface area contributed by atoms with Crippen LogP contribution in [0.2, 0.25) is 0 Å². The summed E-state index contributed by atoms with van der Waals surface area (Å²) in [5, 5.41) is 9.35. The number of carboxylic acid groups (broad SMARTS) is 1. The van der Waals surface area contributed by atoms with E-state index in [1.54, 1.807) is 27.5 Å². The summed E-state index contributed by atoms with van der Waals surface area (Å²) in [5.41, 5.74) is 3.20. The fourth-order valence-electron chi connectivity index (χ4n) is 3.36. The molecule has 2 heterocycles. The van der Waals surface area contributed by atoms with Gasteiger partial charge in [0.05, 0.1) is 28.8 Å². The Hall–Kier alpha value is -3.67. The second-order valence-corrected chi connectivity index (χ2v) is 6.59. The Balaban J connectivity index is 1.79. The predicted molar refractivity (Wildman–Crippen MR) is 107 cm³/mol. The zero-order valence-electron chi connectivity index (χ0n) is 15.2. The maximum Gasteiger partial charge on any atom is 0.335 e. The van der Waals surface area contributed by atoms with Crippen LogP contribution >= 0.6 is 0 Å². The van der Waals surface area contributed by atoms with Crippen molar-refractivity contribution in [1.82, 2.24) is 14.1 Å². The minimum absolute atomic E-state index is 0.155. The van der Waals surface area contributed by atoms with E-state index in [4.69, 9.17) is 0 Å². The van der Waals surface area contributed by atoms with Crippen LogP contribution in [0, 0.1) is 0 Å². The molecule has 0 saturated heterocycles. The van der Waals surface area contributed by atoms with Crippen LogP contribution in [0.1, 0.15) is 21.6 Å². The smallest absolute Gasteiger partial charge is 0.335 e. The number of aromatic nitrogens is 3. The second-order valence-electron chi connectivity index (χ2n) is 6.59. The van der Waals surface area contributed by atoms with Crippen LogP contribution < -0.4 is 5.69 Å². The molecular weight excluding hydrogens is 354 g/mol. The summed E-state index contributed by atoms with van der Waals surface area (Å²) < 4.78 is 3.30. The fraction of sp³-hybridized carbons (Fsp3) is 0.136. The predicted octanol–water partition coefficient (Wildman–Crippen LogP) is 3.19. The summed E-state index contributed by atoms with van der Waals surface area (Å²) in [5.74, 6) is -1.02. The van der Waals surface area contributed by atoms with Gasteiger partial charge in [-0.2, -0.15) is 0 Å². The molecule has 0 amide bonds. The third-order valence-corrected chi connectivity index (χ3v) is 4.78. The van der Waals surface area contributed by atoms with Gasteiger partial charge < -0.3 is 5.11 Å². The monoisotopic (exact) mass is 373 g/mol. The van der Waals surface area contributed by atoms with Crippen molar-refractivity contribution in [3.63, 3.8) is 0 Å². The maximum absolute atomic E-state index is 13.1. The first-order valence-corrected chi connectivity index (χ1v) is 9.04. The van der Waals surface area contributed by atoms with Crippen LogP contribution in [0.25, 0.3) is 11.0 Å².